The first-order chi connectivity index (χ1) is 15.8. The third-order valence-corrected chi connectivity index (χ3v) is 6.00. The van der Waals surface area contributed by atoms with Crippen LogP contribution in [0.2, 0.25) is 0 Å². The molecule has 0 aromatic rings. The molecule has 0 heterocycles. The van der Waals surface area contributed by atoms with E-state index in [0.29, 0.717) is 6.42 Å². The minimum atomic E-state index is -4.62. The van der Waals surface area contributed by atoms with Crippen molar-refractivity contribution in [3.63, 3.8) is 0 Å². The van der Waals surface area contributed by atoms with Crippen molar-refractivity contribution in [2.45, 2.75) is 129 Å². The van der Waals surface area contributed by atoms with Crippen molar-refractivity contribution in [3.8, 4) is 0 Å². The number of aliphatic hydroxyl groups excluding tert-OH is 1. The van der Waals surface area contributed by atoms with Crippen LogP contribution in [0.5, 0.6) is 0 Å². The van der Waals surface area contributed by atoms with Crippen LogP contribution >= 0.6 is 7.82 Å². The van der Waals surface area contributed by atoms with E-state index < -0.39 is 26.5 Å². The molecule has 0 spiro atoms. The lowest BCUT2D eigenvalue weighted by Gasteiger charge is -2.12. The predicted molar refractivity (Wildman–Crippen MR) is 133 cm³/mol. The van der Waals surface area contributed by atoms with Gasteiger partial charge < -0.3 is 19.6 Å². The fraction of sp³-hybridized carbons (Fsp3) is 0.880. The third-order valence-electron chi connectivity index (χ3n) is 5.51. The maximum atomic E-state index is 11.6. The third kappa shape index (κ3) is 27.4. The molecule has 0 saturated carbocycles. The summed E-state index contributed by atoms with van der Waals surface area (Å²) in [5.41, 5.74) is 0. The number of phosphoric ester groups is 1. The van der Waals surface area contributed by atoms with E-state index in [0.717, 1.165) is 19.3 Å². The average molecular weight is 493 g/mol. The van der Waals surface area contributed by atoms with Crippen LogP contribution < -0.4 is 0 Å². The molecule has 0 rings (SSSR count). The van der Waals surface area contributed by atoms with E-state index >= 15 is 0 Å². The van der Waals surface area contributed by atoms with Crippen molar-refractivity contribution in [1.29, 1.82) is 0 Å². The number of unbranched alkanes of at least 4 members (excludes halogenated alkanes) is 15. The Kier molecular flexibility index (Phi) is 22.5. The standard InChI is InChI=1S/C25H49O7P/c1-2-3-4-5-6-7-8-9-10-11-12-13-14-15-16-17-18-19-20-21-25(27)31-22-24(26)23-32-33(28,29)30/h9-10,24,26H,2-8,11-23H2,1H3,(H2,28,29,30)/b10-9-. The number of hydrogen-bond acceptors (Lipinski definition) is 5. The van der Waals surface area contributed by atoms with Gasteiger partial charge in [-0.1, -0.05) is 96.1 Å². The first-order valence-corrected chi connectivity index (χ1v) is 14.6. The SMILES string of the molecule is CCCCCCCC/C=C\CCCCCCCCCCCC(=O)OCC(O)COP(=O)(O)O. The Morgan fingerprint density at radius 1 is 0.758 bits per heavy atom. The number of hydrogen-bond donors (Lipinski definition) is 3. The van der Waals surface area contributed by atoms with Crippen LogP contribution in [0.3, 0.4) is 0 Å². The molecule has 1 unspecified atom stereocenters. The molecule has 0 aliphatic rings. The number of carbonyl (C=O) groups is 1. The molecule has 0 aliphatic carbocycles. The Morgan fingerprint density at radius 2 is 1.21 bits per heavy atom. The number of allylic oxidation sites excluding steroid dienone is 2. The summed E-state index contributed by atoms with van der Waals surface area (Å²) >= 11 is 0. The zero-order valence-electron chi connectivity index (χ0n) is 20.8. The summed E-state index contributed by atoms with van der Waals surface area (Å²) in [6, 6.07) is 0. The molecule has 33 heavy (non-hydrogen) atoms. The first kappa shape index (κ1) is 32.3. The largest absolute Gasteiger partial charge is 0.469 e. The van der Waals surface area contributed by atoms with Crippen molar-refractivity contribution < 1.29 is 33.5 Å². The molecule has 0 amide bonds. The zero-order chi connectivity index (χ0) is 24.6. The quantitative estimate of drug-likeness (QED) is 0.0602. The van der Waals surface area contributed by atoms with Gasteiger partial charge in [0.15, 0.2) is 0 Å². The molecule has 7 nitrogen and oxygen atoms in total. The minimum absolute atomic E-state index is 0.290. The molecule has 0 aromatic heterocycles. The van der Waals surface area contributed by atoms with Gasteiger partial charge in [-0.25, -0.2) is 4.57 Å². The number of esters is 1. The maximum absolute atomic E-state index is 11.6. The van der Waals surface area contributed by atoms with Gasteiger partial charge in [-0.2, -0.15) is 0 Å². The molecule has 0 aromatic carbocycles. The molecule has 0 saturated heterocycles. The van der Waals surface area contributed by atoms with Crippen molar-refractivity contribution in [3.05, 3.63) is 12.2 Å². The van der Waals surface area contributed by atoms with Gasteiger partial charge in [0, 0.05) is 6.42 Å². The fourth-order valence-corrected chi connectivity index (χ4v) is 3.91. The van der Waals surface area contributed by atoms with Gasteiger partial charge in [0.05, 0.1) is 6.61 Å². The maximum Gasteiger partial charge on any atom is 0.469 e. The molecule has 3 N–H and O–H groups in total. The highest BCUT2D eigenvalue weighted by Crippen LogP contribution is 2.35. The fourth-order valence-electron chi connectivity index (χ4n) is 3.54. The highest BCUT2D eigenvalue weighted by atomic mass is 31.2. The van der Waals surface area contributed by atoms with E-state index in [-0.39, 0.29) is 6.61 Å². The van der Waals surface area contributed by atoms with Gasteiger partial charge in [0.2, 0.25) is 0 Å². The lowest BCUT2D eigenvalue weighted by Crippen LogP contribution is -2.23. The van der Waals surface area contributed by atoms with Gasteiger partial charge in [-0.05, 0) is 32.1 Å². The highest BCUT2D eigenvalue weighted by molar-refractivity contribution is 7.46. The summed E-state index contributed by atoms with van der Waals surface area (Å²) in [7, 11) is -4.62. The minimum Gasteiger partial charge on any atom is -0.463 e. The van der Waals surface area contributed by atoms with Crippen LogP contribution in [-0.2, 0) is 18.6 Å². The normalized spacial score (nSPS) is 13.0. The molecule has 196 valence electrons. The lowest BCUT2D eigenvalue weighted by atomic mass is 10.1. The molecule has 0 fully saturated rings. The van der Waals surface area contributed by atoms with E-state index in [2.05, 4.69) is 23.6 Å². The molecule has 0 radical (unpaired) electrons. The molecule has 0 bridgehead atoms. The van der Waals surface area contributed by atoms with E-state index in [1.54, 1.807) is 0 Å². The molecular formula is C25H49O7P. The average Bonchev–Trinajstić information content (AvgIpc) is 2.77. The van der Waals surface area contributed by atoms with Crippen molar-refractivity contribution in [2.24, 2.45) is 0 Å². The summed E-state index contributed by atoms with van der Waals surface area (Å²) in [4.78, 5) is 28.7. The molecule has 1 atom stereocenters. The van der Waals surface area contributed by atoms with Gasteiger partial charge in [-0.15, -0.1) is 0 Å². The van der Waals surface area contributed by atoms with Crippen LogP contribution in [0.15, 0.2) is 12.2 Å². The van der Waals surface area contributed by atoms with Crippen LogP contribution in [0.25, 0.3) is 0 Å². The Labute approximate surface area is 201 Å². The van der Waals surface area contributed by atoms with E-state index in [1.165, 1.54) is 89.9 Å². The Bertz CT molecular complexity index is 519. The van der Waals surface area contributed by atoms with Crippen LogP contribution in [0, 0.1) is 0 Å². The van der Waals surface area contributed by atoms with E-state index in [4.69, 9.17) is 14.5 Å². The first-order valence-electron chi connectivity index (χ1n) is 13.0. The lowest BCUT2D eigenvalue weighted by molar-refractivity contribution is -0.147. The summed E-state index contributed by atoms with van der Waals surface area (Å²) in [5.74, 6) is -0.411. The topological polar surface area (TPSA) is 113 Å². The number of ether oxygens (including phenoxy) is 1. The number of carbonyl (C=O) groups excluding carboxylic acids is 1. The van der Waals surface area contributed by atoms with Crippen molar-refractivity contribution in [2.75, 3.05) is 13.2 Å². The smallest absolute Gasteiger partial charge is 0.463 e. The second-order valence-corrected chi connectivity index (χ2v) is 10.1. The van der Waals surface area contributed by atoms with Crippen molar-refractivity contribution in [1.82, 2.24) is 0 Å². The highest BCUT2D eigenvalue weighted by Gasteiger charge is 2.17. The molecule has 0 aliphatic heterocycles. The number of aliphatic hydroxyl groups is 1. The summed E-state index contributed by atoms with van der Waals surface area (Å²) in [6.45, 7) is 1.36. The second-order valence-electron chi connectivity index (χ2n) is 8.87. The molecular weight excluding hydrogens is 443 g/mol. The van der Waals surface area contributed by atoms with E-state index in [1.807, 2.05) is 0 Å². The zero-order valence-corrected chi connectivity index (χ0v) is 21.7. The van der Waals surface area contributed by atoms with Crippen molar-refractivity contribution >= 4 is 13.8 Å². The van der Waals surface area contributed by atoms with Gasteiger partial charge in [0.25, 0.3) is 0 Å². The number of rotatable bonds is 24. The van der Waals surface area contributed by atoms with Gasteiger partial charge in [0.1, 0.15) is 12.7 Å². The summed E-state index contributed by atoms with van der Waals surface area (Å²) < 4.78 is 19.6. The van der Waals surface area contributed by atoms with Crippen LogP contribution in [0.1, 0.15) is 122 Å². The molecule has 8 heteroatoms. The van der Waals surface area contributed by atoms with Crippen LogP contribution in [-0.4, -0.2) is 40.2 Å². The monoisotopic (exact) mass is 492 g/mol. The summed E-state index contributed by atoms with van der Waals surface area (Å²) in [5, 5.41) is 9.45. The van der Waals surface area contributed by atoms with Crippen LogP contribution in [0.4, 0.5) is 0 Å². The Hall–Kier alpha value is -0.720. The summed E-state index contributed by atoms with van der Waals surface area (Å²) in [6.07, 6.45) is 24.8. The second kappa shape index (κ2) is 23.0. The Balaban J connectivity index is 3.31. The Morgan fingerprint density at radius 3 is 1.70 bits per heavy atom. The predicted octanol–water partition coefficient (Wildman–Crippen LogP) is 6.60. The van der Waals surface area contributed by atoms with Gasteiger partial charge >= 0.3 is 13.8 Å². The van der Waals surface area contributed by atoms with Gasteiger partial charge in [-0.3, -0.25) is 9.32 Å². The number of phosphoric acid groups is 1. The van der Waals surface area contributed by atoms with E-state index in [9.17, 15) is 14.5 Å².